The van der Waals surface area contributed by atoms with Crippen molar-refractivity contribution in [2.45, 2.75) is 6.04 Å². The van der Waals surface area contributed by atoms with Crippen LogP contribution in [-0.2, 0) is 9.53 Å². The third-order valence-corrected chi connectivity index (χ3v) is 2.54. The van der Waals surface area contributed by atoms with Crippen molar-refractivity contribution in [2.75, 3.05) is 39.9 Å². The molecule has 2 heterocycles. The number of carbonyl (C=O) groups excluding carboxylic acids is 1. The lowest BCUT2D eigenvalue weighted by molar-refractivity contribution is -0.151. The van der Waals surface area contributed by atoms with Gasteiger partial charge in [0.15, 0.2) is 0 Å². The number of morpholine rings is 1. The smallest absolute Gasteiger partial charge is 0.248 e. The van der Waals surface area contributed by atoms with Gasteiger partial charge in [0.2, 0.25) is 5.91 Å². The molecule has 0 radical (unpaired) electrons. The van der Waals surface area contributed by atoms with Crippen LogP contribution in [0.3, 0.4) is 0 Å². The van der Waals surface area contributed by atoms with E-state index in [0.717, 1.165) is 19.6 Å². The van der Waals surface area contributed by atoms with Crippen LogP contribution in [0.25, 0.3) is 0 Å². The highest BCUT2D eigenvalue weighted by Crippen LogP contribution is 2.12. The van der Waals surface area contributed by atoms with E-state index in [1.807, 2.05) is 4.90 Å². The number of rotatable bonds is 0. The molecule has 1 atom stereocenters. The first kappa shape index (κ1) is 8.01. The predicted molar refractivity (Wildman–Crippen MR) is 43.8 cm³/mol. The molecule has 0 N–H and O–H groups in total. The Bertz CT molecular complexity index is 195. The molecule has 2 saturated heterocycles. The molecule has 0 bridgehead atoms. The molecule has 1 amide bonds. The molecule has 0 spiro atoms. The predicted octanol–water partition coefficient (Wildman–Crippen LogP) is -0.841. The summed E-state index contributed by atoms with van der Waals surface area (Å²) in [5.41, 5.74) is 0. The van der Waals surface area contributed by atoms with Gasteiger partial charge in [0, 0.05) is 19.6 Å². The summed E-state index contributed by atoms with van der Waals surface area (Å²) in [6, 6.07) is 0.296. The molecular weight excluding hydrogens is 156 g/mol. The van der Waals surface area contributed by atoms with Crippen molar-refractivity contribution in [1.29, 1.82) is 0 Å². The molecule has 0 unspecified atom stereocenters. The lowest BCUT2D eigenvalue weighted by Gasteiger charge is -2.42. The molecule has 4 heteroatoms. The van der Waals surface area contributed by atoms with Crippen LogP contribution in [0.2, 0.25) is 0 Å². The second-order valence-corrected chi connectivity index (χ2v) is 3.52. The van der Waals surface area contributed by atoms with E-state index in [-0.39, 0.29) is 12.5 Å². The van der Waals surface area contributed by atoms with Crippen LogP contribution in [0.1, 0.15) is 0 Å². The molecule has 4 nitrogen and oxygen atoms in total. The Hall–Kier alpha value is -0.610. The first-order valence-electron chi connectivity index (χ1n) is 4.33. The van der Waals surface area contributed by atoms with Gasteiger partial charge >= 0.3 is 0 Å². The van der Waals surface area contributed by atoms with Crippen molar-refractivity contribution in [3.8, 4) is 0 Å². The van der Waals surface area contributed by atoms with Gasteiger partial charge < -0.3 is 14.5 Å². The minimum Gasteiger partial charge on any atom is -0.369 e. The van der Waals surface area contributed by atoms with Gasteiger partial charge in [-0.1, -0.05) is 0 Å². The number of ether oxygens (including phenoxy) is 1. The number of piperazine rings is 1. The summed E-state index contributed by atoms with van der Waals surface area (Å²) in [6.45, 7) is 3.79. The van der Waals surface area contributed by atoms with Gasteiger partial charge in [0.05, 0.1) is 12.6 Å². The Morgan fingerprint density at radius 3 is 3.17 bits per heavy atom. The second-order valence-electron chi connectivity index (χ2n) is 3.52. The summed E-state index contributed by atoms with van der Waals surface area (Å²) in [5, 5.41) is 0. The van der Waals surface area contributed by atoms with Crippen molar-refractivity contribution >= 4 is 5.91 Å². The third kappa shape index (κ3) is 1.32. The van der Waals surface area contributed by atoms with Crippen LogP contribution in [0, 0.1) is 0 Å². The van der Waals surface area contributed by atoms with E-state index in [1.54, 1.807) is 0 Å². The number of amides is 1. The number of carbonyl (C=O) groups is 1. The number of hydrogen-bond donors (Lipinski definition) is 0. The SMILES string of the molecule is CN1CCN2C(=O)COC[C@H]2C1. The maximum absolute atomic E-state index is 11.3. The van der Waals surface area contributed by atoms with E-state index < -0.39 is 0 Å². The average Bonchev–Trinajstić information content (AvgIpc) is 2.04. The first-order valence-corrected chi connectivity index (χ1v) is 4.33. The Balaban J connectivity index is 2.04. The summed E-state index contributed by atoms with van der Waals surface area (Å²) in [4.78, 5) is 15.5. The number of fused-ring (bicyclic) bond motifs is 1. The summed E-state index contributed by atoms with van der Waals surface area (Å²) >= 11 is 0. The number of hydrogen-bond acceptors (Lipinski definition) is 3. The van der Waals surface area contributed by atoms with Crippen molar-refractivity contribution in [3.63, 3.8) is 0 Å². The van der Waals surface area contributed by atoms with E-state index >= 15 is 0 Å². The van der Waals surface area contributed by atoms with E-state index in [2.05, 4.69) is 11.9 Å². The monoisotopic (exact) mass is 170 g/mol. The van der Waals surface area contributed by atoms with Gasteiger partial charge in [0.1, 0.15) is 6.61 Å². The fourth-order valence-electron chi connectivity index (χ4n) is 1.85. The maximum atomic E-state index is 11.3. The topological polar surface area (TPSA) is 32.8 Å². The zero-order valence-corrected chi connectivity index (χ0v) is 7.32. The van der Waals surface area contributed by atoms with E-state index in [4.69, 9.17) is 4.74 Å². The molecule has 2 aliphatic rings. The minimum absolute atomic E-state index is 0.152. The lowest BCUT2D eigenvalue weighted by atomic mass is 10.1. The van der Waals surface area contributed by atoms with Crippen LogP contribution in [-0.4, -0.2) is 61.6 Å². The van der Waals surface area contributed by atoms with Gasteiger partial charge in [-0.2, -0.15) is 0 Å². The summed E-state index contributed by atoms with van der Waals surface area (Å²) in [6.07, 6.45) is 0. The Kier molecular flexibility index (Phi) is 2.02. The van der Waals surface area contributed by atoms with Crippen LogP contribution in [0.15, 0.2) is 0 Å². The zero-order valence-electron chi connectivity index (χ0n) is 7.32. The third-order valence-electron chi connectivity index (χ3n) is 2.54. The summed E-state index contributed by atoms with van der Waals surface area (Å²) in [5.74, 6) is 0.152. The lowest BCUT2D eigenvalue weighted by Crippen LogP contribution is -2.59. The number of likely N-dealkylation sites (N-methyl/N-ethyl adjacent to an activating group) is 1. The Morgan fingerprint density at radius 2 is 2.33 bits per heavy atom. The van der Waals surface area contributed by atoms with Gasteiger partial charge in [-0.05, 0) is 7.05 Å². The molecule has 12 heavy (non-hydrogen) atoms. The standard InChI is InChI=1S/C8H14N2O2/c1-9-2-3-10-7(4-9)5-12-6-8(10)11/h7H,2-6H2,1H3/t7-/m1/s1. The zero-order chi connectivity index (χ0) is 8.55. The van der Waals surface area contributed by atoms with Crippen LogP contribution in [0.5, 0.6) is 0 Å². The van der Waals surface area contributed by atoms with Gasteiger partial charge in [-0.15, -0.1) is 0 Å². The van der Waals surface area contributed by atoms with Gasteiger partial charge in [-0.3, -0.25) is 4.79 Å². The van der Waals surface area contributed by atoms with E-state index in [1.165, 1.54) is 0 Å². The van der Waals surface area contributed by atoms with E-state index in [0.29, 0.717) is 12.6 Å². The van der Waals surface area contributed by atoms with Crippen molar-refractivity contribution < 1.29 is 9.53 Å². The molecule has 68 valence electrons. The molecule has 0 aliphatic carbocycles. The highest BCUT2D eigenvalue weighted by molar-refractivity contribution is 5.78. The summed E-state index contributed by atoms with van der Waals surface area (Å²) in [7, 11) is 2.08. The molecule has 2 fully saturated rings. The van der Waals surface area contributed by atoms with Gasteiger partial charge in [-0.25, -0.2) is 0 Å². The highest BCUT2D eigenvalue weighted by atomic mass is 16.5. The fraction of sp³-hybridized carbons (Fsp3) is 0.875. The molecule has 0 aromatic rings. The van der Waals surface area contributed by atoms with Crippen molar-refractivity contribution in [3.05, 3.63) is 0 Å². The molecule has 2 rings (SSSR count). The minimum atomic E-state index is 0.152. The van der Waals surface area contributed by atoms with Crippen LogP contribution < -0.4 is 0 Å². The number of nitrogens with zero attached hydrogens (tertiary/aromatic N) is 2. The van der Waals surface area contributed by atoms with Crippen LogP contribution >= 0.6 is 0 Å². The quantitative estimate of drug-likeness (QED) is 0.475. The maximum Gasteiger partial charge on any atom is 0.248 e. The van der Waals surface area contributed by atoms with Crippen molar-refractivity contribution in [2.24, 2.45) is 0 Å². The average molecular weight is 170 g/mol. The van der Waals surface area contributed by atoms with Crippen molar-refractivity contribution in [1.82, 2.24) is 9.80 Å². The largest absolute Gasteiger partial charge is 0.369 e. The molecule has 0 saturated carbocycles. The molecule has 0 aromatic carbocycles. The second kappa shape index (κ2) is 3.03. The first-order chi connectivity index (χ1) is 5.77. The molecular formula is C8H14N2O2. The highest BCUT2D eigenvalue weighted by Gasteiger charge is 2.32. The Morgan fingerprint density at radius 1 is 1.50 bits per heavy atom. The Labute approximate surface area is 72.1 Å². The fourth-order valence-corrected chi connectivity index (χ4v) is 1.85. The van der Waals surface area contributed by atoms with E-state index in [9.17, 15) is 4.79 Å². The van der Waals surface area contributed by atoms with Crippen LogP contribution in [0.4, 0.5) is 0 Å². The molecule has 2 aliphatic heterocycles. The molecule has 0 aromatic heterocycles. The normalized spacial score (nSPS) is 31.9. The summed E-state index contributed by atoms with van der Waals surface area (Å²) < 4.78 is 5.18. The van der Waals surface area contributed by atoms with Gasteiger partial charge in [0.25, 0.3) is 0 Å².